The summed E-state index contributed by atoms with van der Waals surface area (Å²) in [6.07, 6.45) is 4.60. The van der Waals surface area contributed by atoms with Crippen LogP contribution in [0.2, 0.25) is 0 Å². The van der Waals surface area contributed by atoms with Crippen molar-refractivity contribution in [3.05, 3.63) is 0 Å². The third-order valence-corrected chi connectivity index (χ3v) is 1.32. The molecule has 9 heavy (non-hydrogen) atoms. The van der Waals surface area contributed by atoms with Crippen LogP contribution in [0.25, 0.3) is 0 Å². The Kier molecular flexibility index (Phi) is 7.06. The minimum Gasteiger partial charge on any atom is -0.393 e. The highest BCUT2D eigenvalue weighted by molar-refractivity contribution is 6.40. The van der Waals surface area contributed by atoms with E-state index in [1.54, 1.807) is 0 Å². The van der Waals surface area contributed by atoms with Crippen molar-refractivity contribution in [2.24, 2.45) is 0 Å². The second-order valence-corrected chi connectivity index (χ2v) is 2.85. The summed E-state index contributed by atoms with van der Waals surface area (Å²) in [5.74, 6) is 0. The Morgan fingerprint density at radius 3 is 1.67 bits per heavy atom. The van der Waals surface area contributed by atoms with Gasteiger partial charge in [-0.05, 0) is 12.8 Å². The third-order valence-electron chi connectivity index (χ3n) is 1.32. The predicted molar refractivity (Wildman–Crippen MR) is 41.0 cm³/mol. The van der Waals surface area contributed by atoms with Crippen molar-refractivity contribution in [1.82, 2.24) is 0 Å². The molecule has 0 bridgehead atoms. The molecule has 0 aromatic heterocycles. The molecule has 0 unspecified atom stereocenters. The van der Waals surface area contributed by atoms with Gasteiger partial charge in [0.15, 0.2) is 0 Å². The highest BCUT2D eigenvalue weighted by atomic mass is 35.5. The van der Waals surface area contributed by atoms with Gasteiger partial charge in [0.05, 0.1) is 11.4 Å². The molecule has 1 nitrogen and oxygen atoms in total. The first-order valence-corrected chi connectivity index (χ1v) is 4.18. The minimum atomic E-state index is 0.0463. The van der Waals surface area contributed by atoms with E-state index in [9.17, 15) is 0 Å². The number of alkyl halides is 2. The predicted octanol–water partition coefficient (Wildman–Crippen LogP) is 2.34. The monoisotopic (exact) mass is 170 g/mol. The number of hydrogen-bond donors (Lipinski definition) is 1. The highest BCUT2D eigenvalue weighted by Gasteiger charge is 2.09. The fraction of sp³-hybridized carbons (Fsp3) is 1.00. The van der Waals surface area contributed by atoms with Crippen LogP contribution < -0.4 is 0 Å². The summed E-state index contributed by atoms with van der Waals surface area (Å²) in [6, 6.07) is 0. The normalized spacial score (nSPS) is 19.0. The molecule has 0 heterocycles. The second-order valence-electron chi connectivity index (χ2n) is 2.04. The molecule has 0 radical (unpaired) electrons. The highest BCUT2D eigenvalue weighted by Crippen LogP contribution is 2.16. The lowest BCUT2D eigenvalue weighted by molar-refractivity contribution is 0.183. The number of aliphatic hydroxyl groups excluding tert-OH is 1. The summed E-state index contributed by atoms with van der Waals surface area (Å²) in [7, 11) is 0. The van der Waals surface area contributed by atoms with E-state index in [1.807, 2.05) is 0 Å². The lowest BCUT2D eigenvalue weighted by Crippen LogP contribution is -1.94. The summed E-state index contributed by atoms with van der Waals surface area (Å²) in [6.45, 7) is 0. The maximum Gasteiger partial charge on any atom is 0.0967 e. The van der Waals surface area contributed by atoms with Crippen LogP contribution in [-0.2, 0) is 0 Å². The molecule has 56 valence electrons. The van der Waals surface area contributed by atoms with Crippen LogP contribution in [0.5, 0.6) is 0 Å². The molecule has 1 N–H and O–H groups in total. The molecule has 0 amide bonds. The van der Waals surface area contributed by atoms with Crippen molar-refractivity contribution in [2.45, 2.75) is 31.8 Å². The quantitative estimate of drug-likeness (QED) is 0.554. The average Bonchev–Trinajstić information content (AvgIpc) is 2.20. The SMILES string of the molecule is ClCCl.OC1CCCC1. The van der Waals surface area contributed by atoms with Crippen LogP contribution in [0.15, 0.2) is 0 Å². The topological polar surface area (TPSA) is 20.2 Å². The van der Waals surface area contributed by atoms with Crippen LogP contribution in [0.1, 0.15) is 25.7 Å². The van der Waals surface area contributed by atoms with E-state index in [1.165, 1.54) is 12.8 Å². The van der Waals surface area contributed by atoms with E-state index in [4.69, 9.17) is 28.3 Å². The summed E-state index contributed by atoms with van der Waals surface area (Å²) in [4.78, 5) is 0. The Balaban J connectivity index is 0.000000187. The molecule has 0 aliphatic heterocycles. The van der Waals surface area contributed by atoms with Gasteiger partial charge in [0, 0.05) is 0 Å². The van der Waals surface area contributed by atoms with Gasteiger partial charge in [-0.15, -0.1) is 23.2 Å². The van der Waals surface area contributed by atoms with Crippen LogP contribution in [-0.4, -0.2) is 16.5 Å². The van der Waals surface area contributed by atoms with Crippen molar-refractivity contribution in [2.75, 3.05) is 5.34 Å². The van der Waals surface area contributed by atoms with E-state index in [-0.39, 0.29) is 11.4 Å². The van der Waals surface area contributed by atoms with E-state index in [0.717, 1.165) is 12.8 Å². The first-order valence-electron chi connectivity index (χ1n) is 3.11. The third kappa shape index (κ3) is 6.42. The van der Waals surface area contributed by atoms with E-state index >= 15 is 0 Å². The first kappa shape index (κ1) is 9.54. The van der Waals surface area contributed by atoms with Gasteiger partial charge in [-0.3, -0.25) is 0 Å². The smallest absolute Gasteiger partial charge is 0.0967 e. The second kappa shape index (κ2) is 6.66. The Labute approximate surface area is 66.0 Å². The molecule has 1 fully saturated rings. The molecule has 1 aliphatic carbocycles. The number of aliphatic hydroxyl groups is 1. The van der Waals surface area contributed by atoms with Gasteiger partial charge < -0.3 is 5.11 Å². The molecule has 0 spiro atoms. The van der Waals surface area contributed by atoms with Crippen molar-refractivity contribution in [3.8, 4) is 0 Å². The van der Waals surface area contributed by atoms with Gasteiger partial charge in [-0.1, -0.05) is 12.8 Å². The van der Waals surface area contributed by atoms with Gasteiger partial charge in [0.1, 0.15) is 0 Å². The van der Waals surface area contributed by atoms with Crippen molar-refractivity contribution in [3.63, 3.8) is 0 Å². The van der Waals surface area contributed by atoms with Crippen LogP contribution in [0, 0.1) is 0 Å². The average molecular weight is 171 g/mol. The molecule has 0 saturated heterocycles. The zero-order valence-electron chi connectivity index (χ0n) is 5.32. The molecule has 0 aromatic rings. The largest absolute Gasteiger partial charge is 0.393 e. The van der Waals surface area contributed by atoms with Gasteiger partial charge in [-0.2, -0.15) is 0 Å². The van der Waals surface area contributed by atoms with Gasteiger partial charge in [0.25, 0.3) is 0 Å². The summed E-state index contributed by atoms with van der Waals surface area (Å²) in [5.41, 5.74) is 0. The molecule has 1 aliphatic rings. The lowest BCUT2D eigenvalue weighted by Gasteiger charge is -1.91. The maximum absolute atomic E-state index is 8.73. The summed E-state index contributed by atoms with van der Waals surface area (Å²) < 4.78 is 0. The molecule has 0 aromatic carbocycles. The summed E-state index contributed by atoms with van der Waals surface area (Å²) in [5, 5.41) is 8.92. The van der Waals surface area contributed by atoms with Crippen LogP contribution >= 0.6 is 23.2 Å². The Bertz CT molecular complexity index is 53.0. The fourth-order valence-electron chi connectivity index (χ4n) is 0.904. The van der Waals surface area contributed by atoms with Crippen molar-refractivity contribution in [1.29, 1.82) is 0 Å². The Morgan fingerprint density at radius 2 is 1.56 bits per heavy atom. The van der Waals surface area contributed by atoms with Gasteiger partial charge >= 0.3 is 0 Å². The standard InChI is InChI=1S/C5H10O.CH2Cl2/c6-5-3-1-2-4-5;2-1-3/h5-6H,1-4H2;1H2. The van der Waals surface area contributed by atoms with Gasteiger partial charge in [-0.25, -0.2) is 0 Å². The molecule has 3 heteroatoms. The minimum absolute atomic E-state index is 0.0463. The number of hydrogen-bond acceptors (Lipinski definition) is 1. The Hall–Kier alpha value is 0.540. The maximum atomic E-state index is 8.73. The number of halogens is 2. The molecule has 0 atom stereocenters. The molecular formula is C6H12Cl2O. The fourth-order valence-corrected chi connectivity index (χ4v) is 0.904. The van der Waals surface area contributed by atoms with Crippen molar-refractivity contribution < 1.29 is 5.11 Å². The zero-order valence-corrected chi connectivity index (χ0v) is 6.83. The first-order chi connectivity index (χ1) is 4.31. The van der Waals surface area contributed by atoms with Gasteiger partial charge in [0.2, 0.25) is 0 Å². The van der Waals surface area contributed by atoms with Crippen molar-refractivity contribution >= 4 is 23.2 Å². The summed E-state index contributed by atoms with van der Waals surface area (Å²) >= 11 is 9.53. The van der Waals surface area contributed by atoms with E-state index in [0.29, 0.717) is 0 Å². The van der Waals surface area contributed by atoms with Crippen LogP contribution in [0.3, 0.4) is 0 Å². The Morgan fingerprint density at radius 1 is 1.22 bits per heavy atom. The molecular weight excluding hydrogens is 159 g/mol. The zero-order chi connectivity index (χ0) is 7.11. The molecule has 1 rings (SSSR count). The van der Waals surface area contributed by atoms with E-state index < -0.39 is 0 Å². The molecule has 1 saturated carbocycles. The van der Waals surface area contributed by atoms with E-state index in [2.05, 4.69) is 0 Å². The van der Waals surface area contributed by atoms with Crippen LogP contribution in [0.4, 0.5) is 0 Å². The number of rotatable bonds is 0. The lowest BCUT2D eigenvalue weighted by atomic mass is 10.3.